The lowest BCUT2D eigenvalue weighted by Gasteiger charge is -2.25. The highest BCUT2D eigenvalue weighted by Crippen LogP contribution is 2.14. The van der Waals surface area contributed by atoms with Crippen molar-refractivity contribution in [1.82, 2.24) is 0 Å². The Morgan fingerprint density at radius 1 is 0.543 bits per heavy atom. The molecule has 0 N–H and O–H groups in total. The van der Waals surface area contributed by atoms with E-state index in [2.05, 4.69) is 4.90 Å². The van der Waals surface area contributed by atoms with Crippen molar-refractivity contribution < 1.29 is 42.7 Å². The third kappa shape index (κ3) is 18.3. The molecule has 0 atom stereocenters. The average Bonchev–Trinajstić information content (AvgIpc) is 2.89. The third-order valence-electron chi connectivity index (χ3n) is 4.76. The number of benzene rings is 1. The lowest BCUT2D eigenvalue weighted by Crippen LogP contribution is -2.31. The SMILES string of the molecule is COCCOCCOCCOCCN(CCOCCOCCOCCOC)c1ccc(C=O)cc1. The zero-order chi connectivity index (χ0) is 25.2. The van der Waals surface area contributed by atoms with E-state index in [4.69, 9.17) is 37.9 Å². The first-order valence-corrected chi connectivity index (χ1v) is 12.1. The zero-order valence-electron chi connectivity index (χ0n) is 21.3. The van der Waals surface area contributed by atoms with E-state index in [0.717, 1.165) is 12.0 Å². The van der Waals surface area contributed by atoms with Crippen LogP contribution in [0.15, 0.2) is 24.3 Å². The highest BCUT2D eigenvalue weighted by atomic mass is 16.6. The van der Waals surface area contributed by atoms with Crippen LogP contribution in [0.2, 0.25) is 0 Å². The van der Waals surface area contributed by atoms with Crippen LogP contribution in [0.1, 0.15) is 10.4 Å². The van der Waals surface area contributed by atoms with Gasteiger partial charge in [-0.3, -0.25) is 4.79 Å². The molecular formula is C25H43NO9. The quantitative estimate of drug-likeness (QED) is 0.138. The van der Waals surface area contributed by atoms with Gasteiger partial charge in [-0.2, -0.15) is 0 Å². The molecule has 0 bridgehead atoms. The van der Waals surface area contributed by atoms with E-state index < -0.39 is 0 Å². The summed E-state index contributed by atoms with van der Waals surface area (Å²) in [5.41, 5.74) is 1.66. The number of hydrogen-bond donors (Lipinski definition) is 0. The predicted molar refractivity (Wildman–Crippen MR) is 133 cm³/mol. The van der Waals surface area contributed by atoms with Gasteiger partial charge in [-0.15, -0.1) is 0 Å². The highest BCUT2D eigenvalue weighted by molar-refractivity contribution is 5.75. The largest absolute Gasteiger partial charge is 0.382 e. The highest BCUT2D eigenvalue weighted by Gasteiger charge is 2.07. The molecule has 0 aliphatic heterocycles. The van der Waals surface area contributed by atoms with Crippen molar-refractivity contribution >= 4 is 12.0 Å². The fourth-order valence-corrected chi connectivity index (χ4v) is 2.85. The number of hydrogen-bond acceptors (Lipinski definition) is 10. The number of methoxy groups -OCH3 is 2. The van der Waals surface area contributed by atoms with Gasteiger partial charge in [-0.1, -0.05) is 0 Å². The maximum atomic E-state index is 11.0. The maximum absolute atomic E-state index is 11.0. The molecule has 10 nitrogen and oxygen atoms in total. The molecule has 202 valence electrons. The van der Waals surface area contributed by atoms with E-state index >= 15 is 0 Å². The Morgan fingerprint density at radius 3 is 1.23 bits per heavy atom. The fraction of sp³-hybridized carbons (Fsp3) is 0.720. The summed E-state index contributed by atoms with van der Waals surface area (Å²) in [6.07, 6.45) is 0.839. The molecule has 10 heteroatoms. The van der Waals surface area contributed by atoms with Gasteiger partial charge in [0.2, 0.25) is 0 Å². The predicted octanol–water partition coefficient (Wildman–Crippen LogP) is 1.70. The topological polar surface area (TPSA) is 94.2 Å². The molecule has 0 radical (unpaired) electrons. The van der Waals surface area contributed by atoms with Crippen molar-refractivity contribution in [2.75, 3.05) is 125 Å². The lowest BCUT2D eigenvalue weighted by atomic mass is 10.2. The Morgan fingerprint density at radius 2 is 0.886 bits per heavy atom. The first kappa shape index (κ1) is 31.4. The summed E-state index contributed by atoms with van der Waals surface area (Å²) in [6.45, 7) is 9.01. The second-order valence-electron chi connectivity index (χ2n) is 7.36. The van der Waals surface area contributed by atoms with Gasteiger partial charge in [0.25, 0.3) is 0 Å². The second kappa shape index (κ2) is 24.1. The molecule has 0 aliphatic carbocycles. The Bertz CT molecular complexity index is 563. The minimum Gasteiger partial charge on any atom is -0.382 e. The first-order chi connectivity index (χ1) is 17.3. The smallest absolute Gasteiger partial charge is 0.150 e. The summed E-state index contributed by atoms with van der Waals surface area (Å²) in [5, 5.41) is 0. The van der Waals surface area contributed by atoms with Crippen molar-refractivity contribution in [3.63, 3.8) is 0 Å². The van der Waals surface area contributed by atoms with Crippen LogP contribution in [0.5, 0.6) is 0 Å². The van der Waals surface area contributed by atoms with E-state index in [9.17, 15) is 4.79 Å². The van der Waals surface area contributed by atoms with Gasteiger partial charge < -0.3 is 42.8 Å². The number of carbonyl (C=O) groups excluding carboxylic acids is 1. The number of nitrogens with zero attached hydrogens (tertiary/aromatic N) is 1. The summed E-state index contributed by atoms with van der Waals surface area (Å²) >= 11 is 0. The summed E-state index contributed by atoms with van der Waals surface area (Å²) in [4.78, 5) is 13.1. The molecule has 1 aromatic carbocycles. The Balaban J connectivity index is 2.19. The van der Waals surface area contributed by atoms with Gasteiger partial charge in [0.05, 0.1) is 92.5 Å². The van der Waals surface area contributed by atoms with E-state index in [0.29, 0.717) is 111 Å². The van der Waals surface area contributed by atoms with Crippen LogP contribution < -0.4 is 4.90 Å². The number of aldehydes is 1. The first-order valence-electron chi connectivity index (χ1n) is 12.1. The van der Waals surface area contributed by atoms with E-state index in [1.165, 1.54) is 0 Å². The third-order valence-corrected chi connectivity index (χ3v) is 4.76. The molecule has 0 saturated carbocycles. The number of anilines is 1. The van der Waals surface area contributed by atoms with Gasteiger partial charge in [0.15, 0.2) is 0 Å². The summed E-state index contributed by atoms with van der Waals surface area (Å²) < 4.78 is 42.9. The minimum absolute atomic E-state index is 0.513. The van der Waals surface area contributed by atoms with Crippen LogP contribution in [0.3, 0.4) is 0 Å². The number of rotatable bonds is 26. The van der Waals surface area contributed by atoms with Crippen LogP contribution in [0.25, 0.3) is 0 Å². The molecule has 0 unspecified atom stereocenters. The van der Waals surface area contributed by atoms with Crippen LogP contribution in [-0.2, 0) is 37.9 Å². The van der Waals surface area contributed by atoms with Crippen molar-refractivity contribution in [3.8, 4) is 0 Å². The molecular weight excluding hydrogens is 458 g/mol. The molecule has 0 aliphatic rings. The monoisotopic (exact) mass is 501 g/mol. The summed E-state index contributed by atoms with van der Waals surface area (Å²) in [5.74, 6) is 0. The average molecular weight is 502 g/mol. The van der Waals surface area contributed by atoms with Crippen molar-refractivity contribution in [2.24, 2.45) is 0 Å². The lowest BCUT2D eigenvalue weighted by molar-refractivity contribution is 0.00301. The maximum Gasteiger partial charge on any atom is 0.150 e. The molecule has 1 rings (SSSR count). The second-order valence-corrected chi connectivity index (χ2v) is 7.36. The van der Waals surface area contributed by atoms with Gasteiger partial charge in [0.1, 0.15) is 6.29 Å². The minimum atomic E-state index is 0.513. The Hall–Kier alpha value is -1.63. The summed E-state index contributed by atoms with van der Waals surface area (Å²) in [7, 11) is 3.29. The fourth-order valence-electron chi connectivity index (χ4n) is 2.85. The van der Waals surface area contributed by atoms with E-state index in [1.54, 1.807) is 14.2 Å². The molecule has 1 aromatic rings. The zero-order valence-corrected chi connectivity index (χ0v) is 21.3. The van der Waals surface area contributed by atoms with Gasteiger partial charge in [-0.25, -0.2) is 0 Å². The van der Waals surface area contributed by atoms with Gasteiger partial charge in [-0.05, 0) is 24.3 Å². The molecule has 0 fully saturated rings. The van der Waals surface area contributed by atoms with Crippen LogP contribution >= 0.6 is 0 Å². The number of ether oxygens (including phenoxy) is 8. The Kier molecular flexibility index (Phi) is 21.6. The molecule has 0 heterocycles. The summed E-state index contributed by atoms with van der Waals surface area (Å²) in [6, 6.07) is 7.48. The molecule has 0 saturated heterocycles. The Labute approximate surface area is 209 Å². The molecule has 35 heavy (non-hydrogen) atoms. The van der Waals surface area contributed by atoms with Crippen LogP contribution in [0.4, 0.5) is 5.69 Å². The van der Waals surface area contributed by atoms with Crippen LogP contribution in [0, 0.1) is 0 Å². The molecule has 0 amide bonds. The number of carbonyl (C=O) groups is 1. The van der Waals surface area contributed by atoms with E-state index in [1.807, 2.05) is 24.3 Å². The molecule has 0 spiro atoms. The molecule has 0 aromatic heterocycles. The van der Waals surface area contributed by atoms with Crippen molar-refractivity contribution in [2.45, 2.75) is 0 Å². The van der Waals surface area contributed by atoms with Crippen molar-refractivity contribution in [3.05, 3.63) is 29.8 Å². The van der Waals surface area contributed by atoms with Crippen molar-refractivity contribution in [1.29, 1.82) is 0 Å². The van der Waals surface area contributed by atoms with E-state index in [-0.39, 0.29) is 0 Å². The van der Waals surface area contributed by atoms with Crippen LogP contribution in [-0.4, -0.2) is 126 Å². The van der Waals surface area contributed by atoms with Gasteiger partial charge >= 0.3 is 0 Å². The normalized spacial score (nSPS) is 11.1. The van der Waals surface area contributed by atoms with Gasteiger partial charge in [0, 0.05) is 38.6 Å². The standard InChI is InChI=1S/C25H43NO9/c1-28-11-13-32-19-21-34-17-15-30-9-7-26(25-5-3-24(23-27)4-6-25)8-10-31-16-18-35-22-20-33-14-12-29-2/h3-6,23H,7-22H2,1-2H3.